The van der Waals surface area contributed by atoms with E-state index in [0.717, 1.165) is 29.8 Å². The summed E-state index contributed by atoms with van der Waals surface area (Å²) in [7, 11) is 0. The number of hydrogen-bond donors (Lipinski definition) is 2. The molecule has 6 nitrogen and oxygen atoms in total. The summed E-state index contributed by atoms with van der Waals surface area (Å²) < 4.78 is 6.52. The minimum absolute atomic E-state index is 0.205. The van der Waals surface area contributed by atoms with Crippen LogP contribution < -0.4 is 15.6 Å². The predicted molar refractivity (Wildman–Crippen MR) is 110 cm³/mol. The lowest BCUT2D eigenvalue weighted by Gasteiger charge is -2.08. The van der Waals surface area contributed by atoms with Crippen molar-refractivity contribution in [3.63, 3.8) is 0 Å². The number of ether oxygens (including phenoxy) is 1. The first kappa shape index (κ1) is 19.8. The van der Waals surface area contributed by atoms with Crippen LogP contribution in [-0.2, 0) is 11.2 Å². The highest BCUT2D eigenvalue weighted by atomic mass is 32.1. The monoisotopic (exact) mass is 397 g/mol. The molecule has 1 heterocycles. The molecule has 7 heteroatoms. The molecule has 0 saturated heterocycles. The Kier molecular flexibility index (Phi) is 6.97. The van der Waals surface area contributed by atoms with Crippen LogP contribution in [0.1, 0.15) is 41.6 Å². The second kappa shape index (κ2) is 9.85. The lowest BCUT2D eigenvalue weighted by atomic mass is 10.2. The standard InChI is InChI=1S/C21H23N3O3S/c1-2-27-16-13-11-15(12-14-16)21(26)24-23-19(25)9-5-6-10-20-22-17-7-3-4-8-18(17)28-20/h3-4,7-8,11-14H,2,5-6,9-10H2,1H3,(H,23,25)(H,24,26). The van der Waals surface area contributed by atoms with Gasteiger partial charge < -0.3 is 4.74 Å². The minimum atomic E-state index is -0.356. The third kappa shape index (κ3) is 5.53. The van der Waals surface area contributed by atoms with E-state index < -0.39 is 0 Å². The van der Waals surface area contributed by atoms with E-state index >= 15 is 0 Å². The summed E-state index contributed by atoms with van der Waals surface area (Å²) in [4.78, 5) is 28.5. The van der Waals surface area contributed by atoms with Gasteiger partial charge in [-0.2, -0.15) is 0 Å². The number of hydrogen-bond acceptors (Lipinski definition) is 5. The number of rotatable bonds is 8. The number of aromatic nitrogens is 1. The van der Waals surface area contributed by atoms with E-state index in [0.29, 0.717) is 24.3 Å². The Balaban J connectivity index is 1.35. The van der Waals surface area contributed by atoms with Crippen LogP contribution in [0.5, 0.6) is 5.75 Å². The Labute approximate surface area is 167 Å². The maximum absolute atomic E-state index is 12.0. The Hall–Kier alpha value is -2.93. The first-order chi connectivity index (χ1) is 13.7. The largest absolute Gasteiger partial charge is 0.494 e. The highest BCUT2D eigenvalue weighted by Crippen LogP contribution is 2.22. The van der Waals surface area contributed by atoms with Crippen molar-refractivity contribution < 1.29 is 14.3 Å². The van der Waals surface area contributed by atoms with Gasteiger partial charge in [-0.15, -0.1) is 11.3 Å². The number of thiazole rings is 1. The van der Waals surface area contributed by atoms with E-state index in [2.05, 4.69) is 21.9 Å². The predicted octanol–water partition coefficient (Wildman–Crippen LogP) is 3.87. The van der Waals surface area contributed by atoms with Gasteiger partial charge in [0.05, 0.1) is 21.8 Å². The Bertz CT molecular complexity index is 904. The van der Waals surface area contributed by atoms with Crippen molar-refractivity contribution in [2.75, 3.05) is 6.61 Å². The smallest absolute Gasteiger partial charge is 0.269 e. The molecule has 2 amide bonds. The first-order valence-corrected chi connectivity index (χ1v) is 10.1. The van der Waals surface area contributed by atoms with Crippen LogP contribution in [0.2, 0.25) is 0 Å². The van der Waals surface area contributed by atoms with Crippen molar-refractivity contribution >= 4 is 33.4 Å². The summed E-state index contributed by atoms with van der Waals surface area (Å²) in [6.07, 6.45) is 2.82. The van der Waals surface area contributed by atoms with Gasteiger partial charge in [-0.3, -0.25) is 20.4 Å². The highest BCUT2D eigenvalue weighted by molar-refractivity contribution is 7.18. The summed E-state index contributed by atoms with van der Waals surface area (Å²) in [5.41, 5.74) is 6.38. The number of aryl methyl sites for hydroxylation is 1. The molecule has 0 saturated carbocycles. The van der Waals surface area contributed by atoms with Gasteiger partial charge in [0.1, 0.15) is 5.75 Å². The van der Waals surface area contributed by atoms with E-state index in [1.807, 2.05) is 25.1 Å². The van der Waals surface area contributed by atoms with Gasteiger partial charge in [-0.1, -0.05) is 12.1 Å². The van der Waals surface area contributed by atoms with Crippen molar-refractivity contribution in [3.8, 4) is 5.75 Å². The molecular formula is C21H23N3O3S. The summed E-state index contributed by atoms with van der Waals surface area (Å²) in [5.74, 6) is 0.144. The van der Waals surface area contributed by atoms with E-state index in [1.54, 1.807) is 35.6 Å². The van der Waals surface area contributed by atoms with Crippen molar-refractivity contribution in [2.45, 2.75) is 32.6 Å². The zero-order chi connectivity index (χ0) is 19.8. The van der Waals surface area contributed by atoms with Gasteiger partial charge >= 0.3 is 0 Å². The normalized spacial score (nSPS) is 10.6. The highest BCUT2D eigenvalue weighted by Gasteiger charge is 2.08. The summed E-state index contributed by atoms with van der Waals surface area (Å²) >= 11 is 1.69. The number of hydrazine groups is 1. The average Bonchev–Trinajstić information content (AvgIpc) is 3.13. The van der Waals surface area contributed by atoms with E-state index in [9.17, 15) is 9.59 Å². The van der Waals surface area contributed by atoms with Gasteiger partial charge in [0, 0.05) is 12.0 Å². The number of carbonyl (C=O) groups excluding carboxylic acids is 2. The summed E-state index contributed by atoms with van der Waals surface area (Å²) in [5, 5.41) is 1.09. The fourth-order valence-electron chi connectivity index (χ4n) is 2.72. The van der Waals surface area contributed by atoms with Crippen LogP contribution >= 0.6 is 11.3 Å². The molecular weight excluding hydrogens is 374 g/mol. The van der Waals surface area contributed by atoms with Gasteiger partial charge in [-0.25, -0.2) is 4.98 Å². The zero-order valence-corrected chi connectivity index (χ0v) is 16.6. The Morgan fingerprint density at radius 3 is 2.57 bits per heavy atom. The lowest BCUT2D eigenvalue weighted by molar-refractivity contribution is -0.121. The van der Waals surface area contributed by atoms with Gasteiger partial charge in [0.15, 0.2) is 0 Å². The number of fused-ring (bicyclic) bond motifs is 1. The first-order valence-electron chi connectivity index (χ1n) is 9.32. The van der Waals surface area contributed by atoms with Crippen molar-refractivity contribution in [2.24, 2.45) is 0 Å². The maximum Gasteiger partial charge on any atom is 0.269 e. The quantitative estimate of drug-likeness (QED) is 0.447. The van der Waals surface area contributed by atoms with Crippen molar-refractivity contribution in [3.05, 3.63) is 59.1 Å². The number of nitrogens with one attached hydrogen (secondary N) is 2. The SMILES string of the molecule is CCOc1ccc(C(=O)NNC(=O)CCCCc2nc3ccccc3s2)cc1. The fraction of sp³-hybridized carbons (Fsp3) is 0.286. The molecule has 0 bridgehead atoms. The summed E-state index contributed by atoms with van der Waals surface area (Å²) in [6.45, 7) is 2.47. The van der Waals surface area contributed by atoms with Gasteiger partial charge in [0.2, 0.25) is 5.91 Å². The van der Waals surface area contributed by atoms with Crippen LogP contribution in [-0.4, -0.2) is 23.4 Å². The molecule has 2 aromatic carbocycles. The molecule has 0 aliphatic heterocycles. The number of unbranched alkanes of at least 4 members (excludes halogenated alkanes) is 1. The van der Waals surface area contributed by atoms with Crippen molar-refractivity contribution in [1.29, 1.82) is 0 Å². The van der Waals surface area contributed by atoms with Crippen molar-refractivity contribution in [1.82, 2.24) is 15.8 Å². The van der Waals surface area contributed by atoms with E-state index in [-0.39, 0.29) is 11.8 Å². The average molecular weight is 398 g/mol. The molecule has 0 aliphatic rings. The molecule has 0 unspecified atom stereocenters. The molecule has 28 heavy (non-hydrogen) atoms. The molecule has 0 aliphatic carbocycles. The van der Waals surface area contributed by atoms with Crippen LogP contribution in [0.15, 0.2) is 48.5 Å². The maximum atomic E-state index is 12.0. The third-order valence-corrected chi connectivity index (χ3v) is 5.22. The number of benzene rings is 2. The topological polar surface area (TPSA) is 80.3 Å². The van der Waals surface area contributed by atoms with Crippen LogP contribution in [0.3, 0.4) is 0 Å². The molecule has 3 aromatic rings. The van der Waals surface area contributed by atoms with Crippen LogP contribution in [0, 0.1) is 0 Å². The number of carbonyl (C=O) groups is 2. The fourth-order valence-corrected chi connectivity index (χ4v) is 3.73. The Morgan fingerprint density at radius 1 is 1.04 bits per heavy atom. The zero-order valence-electron chi connectivity index (χ0n) is 15.7. The minimum Gasteiger partial charge on any atom is -0.494 e. The van der Waals surface area contributed by atoms with E-state index in [1.165, 1.54) is 4.70 Å². The second-order valence-electron chi connectivity index (χ2n) is 6.24. The lowest BCUT2D eigenvalue weighted by Crippen LogP contribution is -2.41. The molecule has 3 rings (SSSR count). The molecule has 1 aromatic heterocycles. The molecule has 146 valence electrons. The molecule has 0 spiro atoms. The van der Waals surface area contributed by atoms with Crippen LogP contribution in [0.4, 0.5) is 0 Å². The number of nitrogens with zero attached hydrogens (tertiary/aromatic N) is 1. The van der Waals surface area contributed by atoms with Gasteiger partial charge in [-0.05, 0) is 62.6 Å². The molecule has 0 fully saturated rings. The second-order valence-corrected chi connectivity index (χ2v) is 7.36. The Morgan fingerprint density at radius 2 is 1.82 bits per heavy atom. The van der Waals surface area contributed by atoms with E-state index in [4.69, 9.17) is 4.74 Å². The molecule has 2 N–H and O–H groups in total. The summed E-state index contributed by atoms with van der Waals surface area (Å²) in [6, 6.07) is 14.8. The van der Waals surface area contributed by atoms with Gasteiger partial charge in [0.25, 0.3) is 5.91 Å². The third-order valence-electron chi connectivity index (χ3n) is 4.13. The molecule has 0 radical (unpaired) electrons. The molecule has 0 atom stereocenters. The van der Waals surface area contributed by atoms with Crippen LogP contribution in [0.25, 0.3) is 10.2 Å². The number of para-hydroxylation sites is 1. The number of amides is 2.